The highest BCUT2D eigenvalue weighted by atomic mass is 19.2. The number of rotatable bonds is 3. The Hall–Kier alpha value is -0.400. The maximum atomic E-state index is 12.1. The highest BCUT2D eigenvalue weighted by molar-refractivity contribution is 4.75. The molecule has 0 saturated carbocycles. The van der Waals surface area contributed by atoms with Gasteiger partial charge in [-0.15, -0.1) is 6.58 Å². The van der Waals surface area contributed by atoms with Gasteiger partial charge in [-0.1, -0.05) is 6.08 Å². The third-order valence-corrected chi connectivity index (χ3v) is 0.890. The Kier molecular flexibility index (Phi) is 3.40. The van der Waals surface area contributed by atoms with Crippen molar-refractivity contribution in [1.82, 2.24) is 0 Å². The standard InChI is InChI=1S/C6H10F2/c1-3-4-6(8)5(2)7/h3,5-6H,1,4H2,2H3. The van der Waals surface area contributed by atoms with Gasteiger partial charge in [0.05, 0.1) is 0 Å². The van der Waals surface area contributed by atoms with Crippen molar-refractivity contribution in [3.63, 3.8) is 0 Å². The van der Waals surface area contributed by atoms with Crippen molar-refractivity contribution in [1.29, 1.82) is 0 Å². The largest absolute Gasteiger partial charge is 0.245 e. The third kappa shape index (κ3) is 2.72. The summed E-state index contributed by atoms with van der Waals surface area (Å²) in [5.41, 5.74) is 0. The van der Waals surface area contributed by atoms with E-state index in [1.54, 1.807) is 0 Å². The molecule has 0 bridgehead atoms. The number of halogens is 2. The van der Waals surface area contributed by atoms with Crippen molar-refractivity contribution in [2.45, 2.75) is 25.7 Å². The molecule has 0 aliphatic carbocycles. The summed E-state index contributed by atoms with van der Waals surface area (Å²) in [6.07, 6.45) is -1.25. The van der Waals surface area contributed by atoms with Crippen molar-refractivity contribution in [2.24, 2.45) is 0 Å². The van der Waals surface area contributed by atoms with Crippen molar-refractivity contribution >= 4 is 0 Å². The highest BCUT2D eigenvalue weighted by Gasteiger charge is 2.11. The van der Waals surface area contributed by atoms with Crippen LogP contribution in [0, 0.1) is 0 Å². The highest BCUT2D eigenvalue weighted by Crippen LogP contribution is 2.06. The van der Waals surface area contributed by atoms with Crippen molar-refractivity contribution in [2.75, 3.05) is 0 Å². The second kappa shape index (κ2) is 3.58. The summed E-state index contributed by atoms with van der Waals surface area (Å²) in [6, 6.07) is 0. The van der Waals surface area contributed by atoms with Crippen LogP contribution >= 0.6 is 0 Å². The molecule has 0 aromatic rings. The van der Waals surface area contributed by atoms with Gasteiger partial charge in [-0.2, -0.15) is 0 Å². The summed E-state index contributed by atoms with van der Waals surface area (Å²) in [5, 5.41) is 0. The molecule has 0 aromatic carbocycles. The van der Waals surface area contributed by atoms with Gasteiger partial charge in [0.2, 0.25) is 0 Å². The zero-order valence-electron chi connectivity index (χ0n) is 4.90. The molecule has 0 spiro atoms. The predicted molar refractivity (Wildman–Crippen MR) is 30.3 cm³/mol. The van der Waals surface area contributed by atoms with Gasteiger partial charge >= 0.3 is 0 Å². The van der Waals surface area contributed by atoms with Crippen LogP contribution < -0.4 is 0 Å². The van der Waals surface area contributed by atoms with Crippen LogP contribution in [0.15, 0.2) is 12.7 Å². The van der Waals surface area contributed by atoms with Gasteiger partial charge in [-0.05, 0) is 13.3 Å². The summed E-state index contributed by atoms with van der Waals surface area (Å²) in [6.45, 7) is 4.48. The van der Waals surface area contributed by atoms with Crippen LogP contribution in [0.1, 0.15) is 13.3 Å². The molecular formula is C6H10F2. The lowest BCUT2D eigenvalue weighted by molar-refractivity contribution is 0.184. The van der Waals surface area contributed by atoms with Crippen LogP contribution in [-0.2, 0) is 0 Å². The molecule has 48 valence electrons. The molecule has 0 amide bonds. The maximum Gasteiger partial charge on any atom is 0.134 e. The van der Waals surface area contributed by atoms with Gasteiger partial charge in [0.15, 0.2) is 0 Å². The van der Waals surface area contributed by atoms with Crippen LogP contribution in [0.3, 0.4) is 0 Å². The van der Waals surface area contributed by atoms with E-state index in [0.29, 0.717) is 0 Å². The Morgan fingerprint density at radius 1 is 1.62 bits per heavy atom. The van der Waals surface area contributed by atoms with Crippen molar-refractivity contribution < 1.29 is 8.78 Å². The molecule has 0 radical (unpaired) electrons. The Morgan fingerprint density at radius 2 is 2.12 bits per heavy atom. The molecule has 0 aromatic heterocycles. The number of hydrogen-bond donors (Lipinski definition) is 0. The molecule has 2 unspecified atom stereocenters. The summed E-state index contributed by atoms with van der Waals surface area (Å²) >= 11 is 0. The van der Waals surface area contributed by atoms with Crippen molar-refractivity contribution in [3.05, 3.63) is 12.7 Å². The van der Waals surface area contributed by atoms with E-state index in [1.165, 1.54) is 13.0 Å². The zero-order valence-corrected chi connectivity index (χ0v) is 4.90. The van der Waals surface area contributed by atoms with Gasteiger partial charge in [-0.25, -0.2) is 8.78 Å². The number of hydrogen-bond acceptors (Lipinski definition) is 0. The molecule has 0 aliphatic heterocycles. The Morgan fingerprint density at radius 3 is 2.25 bits per heavy atom. The maximum absolute atomic E-state index is 12.1. The minimum absolute atomic E-state index is 0.109. The predicted octanol–water partition coefficient (Wildman–Crippen LogP) is 2.26. The van der Waals surface area contributed by atoms with E-state index in [1.807, 2.05) is 0 Å². The van der Waals surface area contributed by atoms with E-state index in [0.717, 1.165) is 0 Å². The SMILES string of the molecule is C=CCC(F)C(C)F. The lowest BCUT2D eigenvalue weighted by atomic mass is 10.2. The van der Waals surface area contributed by atoms with E-state index in [-0.39, 0.29) is 6.42 Å². The van der Waals surface area contributed by atoms with E-state index >= 15 is 0 Å². The first-order valence-electron chi connectivity index (χ1n) is 2.57. The Labute approximate surface area is 48.2 Å². The van der Waals surface area contributed by atoms with Crippen LogP contribution in [0.25, 0.3) is 0 Å². The first-order valence-corrected chi connectivity index (χ1v) is 2.57. The lowest BCUT2D eigenvalue weighted by Crippen LogP contribution is -2.11. The number of alkyl halides is 2. The average molecular weight is 120 g/mol. The van der Waals surface area contributed by atoms with Crippen LogP contribution in [0.2, 0.25) is 0 Å². The third-order valence-electron chi connectivity index (χ3n) is 0.890. The second-order valence-electron chi connectivity index (χ2n) is 1.72. The minimum atomic E-state index is -1.37. The summed E-state index contributed by atoms with van der Waals surface area (Å²) in [5.74, 6) is 0. The fourth-order valence-electron chi connectivity index (χ4n) is 0.347. The molecule has 0 saturated heterocycles. The molecule has 0 N–H and O–H groups in total. The Bertz CT molecular complexity index is 68.9. The topological polar surface area (TPSA) is 0 Å². The first kappa shape index (κ1) is 7.60. The molecule has 2 atom stereocenters. The fourth-order valence-corrected chi connectivity index (χ4v) is 0.347. The van der Waals surface area contributed by atoms with E-state index in [9.17, 15) is 8.78 Å². The molecule has 0 fully saturated rings. The minimum Gasteiger partial charge on any atom is -0.245 e. The molecule has 0 aliphatic rings. The average Bonchev–Trinajstić information content (AvgIpc) is 1.67. The van der Waals surface area contributed by atoms with E-state index in [2.05, 4.69) is 6.58 Å². The molecular weight excluding hydrogens is 110 g/mol. The summed E-state index contributed by atoms with van der Waals surface area (Å²) in [4.78, 5) is 0. The molecule has 0 nitrogen and oxygen atoms in total. The van der Waals surface area contributed by atoms with Crippen LogP contribution in [-0.4, -0.2) is 12.3 Å². The molecule has 8 heavy (non-hydrogen) atoms. The molecule has 0 rings (SSSR count). The number of allylic oxidation sites excluding steroid dienone is 1. The summed E-state index contributed by atoms with van der Waals surface area (Å²) < 4.78 is 23.9. The molecule has 0 heterocycles. The fraction of sp³-hybridized carbons (Fsp3) is 0.667. The van der Waals surface area contributed by atoms with E-state index in [4.69, 9.17) is 0 Å². The van der Waals surface area contributed by atoms with Gasteiger partial charge < -0.3 is 0 Å². The summed E-state index contributed by atoms with van der Waals surface area (Å²) in [7, 11) is 0. The smallest absolute Gasteiger partial charge is 0.134 e. The zero-order chi connectivity index (χ0) is 6.57. The lowest BCUT2D eigenvalue weighted by Gasteiger charge is -2.03. The second-order valence-corrected chi connectivity index (χ2v) is 1.72. The van der Waals surface area contributed by atoms with Gasteiger partial charge in [0, 0.05) is 0 Å². The van der Waals surface area contributed by atoms with Crippen molar-refractivity contribution in [3.8, 4) is 0 Å². The van der Waals surface area contributed by atoms with E-state index < -0.39 is 12.3 Å². The van der Waals surface area contributed by atoms with Crippen LogP contribution in [0.4, 0.5) is 8.78 Å². The Balaban J connectivity index is 3.30. The van der Waals surface area contributed by atoms with Gasteiger partial charge in [-0.3, -0.25) is 0 Å². The monoisotopic (exact) mass is 120 g/mol. The first-order chi connectivity index (χ1) is 3.68. The van der Waals surface area contributed by atoms with Gasteiger partial charge in [0.25, 0.3) is 0 Å². The quantitative estimate of drug-likeness (QED) is 0.501. The van der Waals surface area contributed by atoms with Crippen LogP contribution in [0.5, 0.6) is 0 Å². The molecule has 2 heteroatoms. The normalized spacial score (nSPS) is 17.4. The van der Waals surface area contributed by atoms with Gasteiger partial charge in [0.1, 0.15) is 12.3 Å².